The van der Waals surface area contributed by atoms with Crippen molar-refractivity contribution in [1.82, 2.24) is 9.55 Å². The molecule has 0 atom stereocenters. The molecule has 0 unspecified atom stereocenters. The Hall–Kier alpha value is -1.29. The van der Waals surface area contributed by atoms with Gasteiger partial charge in [-0.2, -0.15) is 0 Å². The standard InChI is InChI=1S/C15H19ClFN3/c1-2-15(5-3-4-6-15)9-20-13-8-11(17)10(16)7-12(13)19-14(20)18/h7-8H,2-6,9H2,1H3,(H2,18,19). The highest BCUT2D eigenvalue weighted by Gasteiger charge is 2.33. The highest BCUT2D eigenvalue weighted by molar-refractivity contribution is 6.31. The first kappa shape index (κ1) is 13.7. The molecule has 108 valence electrons. The summed E-state index contributed by atoms with van der Waals surface area (Å²) in [6.07, 6.45) is 6.06. The van der Waals surface area contributed by atoms with Crippen molar-refractivity contribution in [2.45, 2.75) is 45.6 Å². The summed E-state index contributed by atoms with van der Waals surface area (Å²) in [6, 6.07) is 2.99. The lowest BCUT2D eigenvalue weighted by molar-refractivity contribution is 0.242. The van der Waals surface area contributed by atoms with Crippen LogP contribution in [0.4, 0.5) is 10.3 Å². The lowest BCUT2D eigenvalue weighted by Gasteiger charge is -2.28. The molecule has 1 aliphatic carbocycles. The van der Waals surface area contributed by atoms with Crippen molar-refractivity contribution in [3.63, 3.8) is 0 Å². The first-order valence-corrected chi connectivity index (χ1v) is 7.53. The maximum Gasteiger partial charge on any atom is 0.201 e. The first-order valence-electron chi connectivity index (χ1n) is 7.15. The lowest BCUT2D eigenvalue weighted by atomic mass is 9.83. The Morgan fingerprint density at radius 3 is 2.75 bits per heavy atom. The number of imidazole rings is 1. The molecule has 2 N–H and O–H groups in total. The molecule has 1 aliphatic rings. The zero-order chi connectivity index (χ0) is 14.3. The van der Waals surface area contributed by atoms with Gasteiger partial charge in [0.1, 0.15) is 5.82 Å². The van der Waals surface area contributed by atoms with Gasteiger partial charge in [0, 0.05) is 12.6 Å². The molecule has 0 aliphatic heterocycles. The van der Waals surface area contributed by atoms with E-state index in [1.807, 2.05) is 4.57 Å². The van der Waals surface area contributed by atoms with Crippen molar-refractivity contribution in [1.29, 1.82) is 0 Å². The van der Waals surface area contributed by atoms with Crippen molar-refractivity contribution in [2.24, 2.45) is 5.41 Å². The van der Waals surface area contributed by atoms with Crippen LogP contribution in [0.25, 0.3) is 11.0 Å². The molecule has 0 amide bonds. The van der Waals surface area contributed by atoms with E-state index in [9.17, 15) is 4.39 Å². The molecule has 1 aromatic carbocycles. The van der Waals surface area contributed by atoms with Gasteiger partial charge >= 0.3 is 0 Å². The molecule has 5 heteroatoms. The number of fused-ring (bicyclic) bond motifs is 1. The normalized spacial score (nSPS) is 17.9. The van der Waals surface area contributed by atoms with Crippen LogP contribution in [0.2, 0.25) is 5.02 Å². The number of benzene rings is 1. The van der Waals surface area contributed by atoms with Crippen LogP contribution in [0.3, 0.4) is 0 Å². The number of hydrogen-bond acceptors (Lipinski definition) is 2. The minimum absolute atomic E-state index is 0.0909. The van der Waals surface area contributed by atoms with E-state index in [2.05, 4.69) is 11.9 Å². The molecule has 0 radical (unpaired) electrons. The van der Waals surface area contributed by atoms with Crippen molar-refractivity contribution >= 4 is 28.6 Å². The second kappa shape index (κ2) is 4.92. The molecule has 2 aromatic rings. The Labute approximate surface area is 122 Å². The van der Waals surface area contributed by atoms with E-state index in [0.717, 1.165) is 18.5 Å². The van der Waals surface area contributed by atoms with Crippen LogP contribution in [0, 0.1) is 11.2 Å². The summed E-state index contributed by atoms with van der Waals surface area (Å²) >= 11 is 5.81. The number of anilines is 1. The van der Waals surface area contributed by atoms with Crippen LogP contribution in [-0.2, 0) is 6.54 Å². The monoisotopic (exact) mass is 295 g/mol. The predicted octanol–water partition coefficient (Wildman–Crippen LogP) is 4.38. The Bertz CT molecular complexity index is 644. The summed E-state index contributed by atoms with van der Waals surface area (Å²) in [6.45, 7) is 3.03. The Morgan fingerprint density at radius 1 is 1.40 bits per heavy atom. The maximum atomic E-state index is 13.7. The molecule has 3 nitrogen and oxygen atoms in total. The van der Waals surface area contributed by atoms with E-state index in [1.165, 1.54) is 31.7 Å². The fourth-order valence-corrected chi connectivity index (χ4v) is 3.55. The minimum atomic E-state index is -0.419. The molecule has 0 spiro atoms. The fourth-order valence-electron chi connectivity index (χ4n) is 3.39. The molecule has 1 heterocycles. The third-order valence-corrected chi connectivity index (χ3v) is 5.02. The number of nitrogens with two attached hydrogens (primary N) is 1. The second-order valence-corrected chi connectivity index (χ2v) is 6.28. The van der Waals surface area contributed by atoms with E-state index in [-0.39, 0.29) is 10.4 Å². The Morgan fingerprint density at radius 2 is 2.10 bits per heavy atom. The van der Waals surface area contributed by atoms with Crippen LogP contribution >= 0.6 is 11.6 Å². The number of nitrogen functional groups attached to an aromatic ring is 1. The lowest BCUT2D eigenvalue weighted by Crippen LogP contribution is -2.23. The van der Waals surface area contributed by atoms with E-state index in [1.54, 1.807) is 6.07 Å². The minimum Gasteiger partial charge on any atom is -0.369 e. The average Bonchev–Trinajstić information content (AvgIpc) is 2.99. The van der Waals surface area contributed by atoms with E-state index in [0.29, 0.717) is 11.5 Å². The molecule has 1 aromatic heterocycles. The predicted molar refractivity (Wildman–Crippen MR) is 80.3 cm³/mol. The van der Waals surface area contributed by atoms with Gasteiger partial charge in [-0.15, -0.1) is 0 Å². The Kier molecular flexibility index (Phi) is 3.36. The van der Waals surface area contributed by atoms with Crippen LogP contribution in [0.15, 0.2) is 12.1 Å². The van der Waals surface area contributed by atoms with Crippen molar-refractivity contribution in [2.75, 3.05) is 5.73 Å². The SMILES string of the molecule is CCC1(Cn2c(N)nc3cc(Cl)c(F)cc32)CCCC1. The van der Waals surface area contributed by atoms with Gasteiger partial charge in [-0.3, -0.25) is 0 Å². The van der Waals surface area contributed by atoms with Gasteiger partial charge in [-0.1, -0.05) is 31.4 Å². The van der Waals surface area contributed by atoms with Gasteiger partial charge < -0.3 is 10.3 Å². The van der Waals surface area contributed by atoms with Gasteiger partial charge in [-0.25, -0.2) is 9.37 Å². The quantitative estimate of drug-likeness (QED) is 0.913. The fraction of sp³-hybridized carbons (Fsp3) is 0.533. The molecule has 3 rings (SSSR count). The molecular weight excluding hydrogens is 277 g/mol. The second-order valence-electron chi connectivity index (χ2n) is 5.87. The van der Waals surface area contributed by atoms with Crippen molar-refractivity contribution < 1.29 is 4.39 Å². The molecule has 1 fully saturated rings. The van der Waals surface area contributed by atoms with E-state index in [4.69, 9.17) is 17.3 Å². The summed E-state index contributed by atoms with van der Waals surface area (Å²) in [5.41, 5.74) is 7.71. The first-order chi connectivity index (χ1) is 9.54. The van der Waals surface area contributed by atoms with E-state index >= 15 is 0 Å². The largest absolute Gasteiger partial charge is 0.369 e. The van der Waals surface area contributed by atoms with Crippen molar-refractivity contribution in [3.05, 3.63) is 23.0 Å². The number of rotatable bonds is 3. The molecular formula is C15H19ClFN3. The average molecular weight is 296 g/mol. The maximum absolute atomic E-state index is 13.7. The third kappa shape index (κ3) is 2.16. The van der Waals surface area contributed by atoms with E-state index < -0.39 is 5.82 Å². The number of aromatic nitrogens is 2. The molecule has 1 saturated carbocycles. The van der Waals surface area contributed by atoms with Crippen LogP contribution in [0.1, 0.15) is 39.0 Å². The van der Waals surface area contributed by atoms with Crippen molar-refractivity contribution in [3.8, 4) is 0 Å². The number of nitrogens with zero attached hydrogens (tertiary/aromatic N) is 2. The summed E-state index contributed by atoms with van der Waals surface area (Å²) < 4.78 is 15.7. The highest BCUT2D eigenvalue weighted by Crippen LogP contribution is 2.43. The summed E-state index contributed by atoms with van der Waals surface area (Å²) in [4.78, 5) is 4.31. The Balaban J connectivity index is 2.06. The molecule has 0 saturated heterocycles. The number of hydrogen-bond donors (Lipinski definition) is 1. The van der Waals surface area contributed by atoms with Gasteiger partial charge in [0.2, 0.25) is 5.95 Å². The highest BCUT2D eigenvalue weighted by atomic mass is 35.5. The smallest absolute Gasteiger partial charge is 0.201 e. The molecule has 0 bridgehead atoms. The van der Waals surface area contributed by atoms with Crippen LogP contribution in [0.5, 0.6) is 0 Å². The zero-order valence-corrected chi connectivity index (χ0v) is 12.4. The van der Waals surface area contributed by atoms with Gasteiger partial charge in [0.15, 0.2) is 0 Å². The van der Waals surface area contributed by atoms with Gasteiger partial charge in [0.05, 0.1) is 16.1 Å². The summed E-state index contributed by atoms with van der Waals surface area (Å²) in [5, 5.41) is 0.0909. The summed E-state index contributed by atoms with van der Waals surface area (Å²) in [7, 11) is 0. The molecule has 20 heavy (non-hydrogen) atoms. The van der Waals surface area contributed by atoms with Crippen LogP contribution < -0.4 is 5.73 Å². The van der Waals surface area contributed by atoms with Gasteiger partial charge in [-0.05, 0) is 30.7 Å². The van der Waals surface area contributed by atoms with Crippen LogP contribution in [-0.4, -0.2) is 9.55 Å². The topological polar surface area (TPSA) is 43.8 Å². The van der Waals surface area contributed by atoms with Gasteiger partial charge in [0.25, 0.3) is 0 Å². The summed E-state index contributed by atoms with van der Waals surface area (Å²) in [5.74, 6) is 0.0266. The zero-order valence-electron chi connectivity index (χ0n) is 11.6. The third-order valence-electron chi connectivity index (χ3n) is 4.73. The number of halogens is 2.